The van der Waals surface area contributed by atoms with Crippen molar-refractivity contribution in [1.82, 2.24) is 29.3 Å². The normalized spacial score (nSPS) is 11.5. The van der Waals surface area contributed by atoms with Crippen LogP contribution < -0.4 is 15.4 Å². The maximum atomic E-state index is 13.0. The minimum Gasteiger partial charge on any atom is -0.497 e. The Morgan fingerprint density at radius 2 is 1.72 bits per heavy atom. The summed E-state index contributed by atoms with van der Waals surface area (Å²) in [4.78, 5) is 27.4. The van der Waals surface area contributed by atoms with E-state index in [0.717, 1.165) is 23.3 Å². The molecule has 10 nitrogen and oxygen atoms in total. The van der Waals surface area contributed by atoms with E-state index in [2.05, 4.69) is 20.7 Å². The summed E-state index contributed by atoms with van der Waals surface area (Å²) in [5, 5.41) is 10.7. The number of ether oxygens (including phenoxy) is 1. The first-order valence-electron chi connectivity index (χ1n) is 12.8. The van der Waals surface area contributed by atoms with Crippen molar-refractivity contribution in [3.05, 3.63) is 84.2 Å². The van der Waals surface area contributed by atoms with Gasteiger partial charge in [-0.05, 0) is 35.7 Å². The highest BCUT2D eigenvalue weighted by Crippen LogP contribution is 2.27. The summed E-state index contributed by atoms with van der Waals surface area (Å²) in [5.74, 6) is 1.99. The maximum absolute atomic E-state index is 13.0. The molecule has 10 heteroatoms. The van der Waals surface area contributed by atoms with Crippen molar-refractivity contribution in [3.8, 4) is 11.7 Å². The molecule has 0 bridgehead atoms. The largest absolute Gasteiger partial charge is 0.497 e. The van der Waals surface area contributed by atoms with Gasteiger partial charge in [-0.3, -0.25) is 9.36 Å². The fourth-order valence-electron chi connectivity index (χ4n) is 4.03. The van der Waals surface area contributed by atoms with Crippen LogP contribution in [-0.4, -0.2) is 42.3 Å². The fourth-order valence-corrected chi connectivity index (χ4v) is 4.03. The highest BCUT2D eigenvalue weighted by Gasteiger charge is 2.25. The quantitative estimate of drug-likeness (QED) is 0.283. The highest BCUT2D eigenvalue weighted by molar-refractivity contribution is 6.00. The lowest BCUT2D eigenvalue weighted by atomic mass is 9.96. The lowest BCUT2D eigenvalue weighted by Crippen LogP contribution is -2.28. The van der Waals surface area contributed by atoms with Gasteiger partial charge in [0, 0.05) is 30.9 Å². The molecule has 2 aromatic carbocycles. The number of carbonyl (C=O) groups is 1. The van der Waals surface area contributed by atoms with E-state index in [9.17, 15) is 4.79 Å². The van der Waals surface area contributed by atoms with Gasteiger partial charge in [-0.1, -0.05) is 63.2 Å². The second kappa shape index (κ2) is 10.9. The van der Waals surface area contributed by atoms with Gasteiger partial charge < -0.3 is 15.4 Å². The molecule has 0 saturated carbocycles. The number of hydrogen-bond acceptors (Lipinski definition) is 7. The Morgan fingerprint density at radius 1 is 0.949 bits per heavy atom. The number of aryl methyl sites for hydroxylation is 2. The van der Waals surface area contributed by atoms with Crippen molar-refractivity contribution in [1.29, 1.82) is 0 Å². The molecule has 39 heavy (non-hydrogen) atoms. The molecule has 5 rings (SSSR count). The van der Waals surface area contributed by atoms with Gasteiger partial charge in [-0.25, -0.2) is 9.67 Å². The van der Waals surface area contributed by atoms with Crippen LogP contribution in [0.1, 0.15) is 31.9 Å². The number of nitrogens with one attached hydrogen (secondary N) is 2. The molecule has 5 aromatic rings. The molecule has 0 unspecified atom stereocenters. The van der Waals surface area contributed by atoms with Crippen LogP contribution in [0, 0.1) is 5.41 Å². The lowest BCUT2D eigenvalue weighted by Gasteiger charge is -2.17. The zero-order valence-electron chi connectivity index (χ0n) is 22.5. The summed E-state index contributed by atoms with van der Waals surface area (Å²) in [7, 11) is 1.65. The molecule has 3 heterocycles. The zero-order chi connectivity index (χ0) is 27.4. The number of hydrogen-bond donors (Lipinski definition) is 2. The van der Waals surface area contributed by atoms with Gasteiger partial charge in [-0.2, -0.15) is 15.1 Å². The number of anilines is 2. The van der Waals surface area contributed by atoms with Gasteiger partial charge in [0.1, 0.15) is 5.75 Å². The Kier molecular flexibility index (Phi) is 7.27. The second-order valence-corrected chi connectivity index (χ2v) is 10.2. The molecular formula is C29H32N8O2. The highest BCUT2D eigenvalue weighted by atomic mass is 16.5. The average molecular weight is 525 g/mol. The van der Waals surface area contributed by atoms with E-state index in [1.807, 2.05) is 92.2 Å². The molecule has 0 saturated heterocycles. The van der Waals surface area contributed by atoms with E-state index < -0.39 is 5.41 Å². The Balaban J connectivity index is 1.58. The molecule has 3 aromatic heterocycles. The van der Waals surface area contributed by atoms with Gasteiger partial charge >= 0.3 is 0 Å². The number of imidazole rings is 1. The number of benzene rings is 2. The molecule has 2 N–H and O–H groups in total. The van der Waals surface area contributed by atoms with E-state index in [0.29, 0.717) is 42.0 Å². The number of aromatic nitrogens is 6. The third-order valence-electron chi connectivity index (χ3n) is 6.27. The van der Waals surface area contributed by atoms with Crippen LogP contribution in [0.2, 0.25) is 0 Å². The monoisotopic (exact) mass is 524 g/mol. The van der Waals surface area contributed by atoms with Crippen LogP contribution in [0.15, 0.2) is 73.1 Å². The van der Waals surface area contributed by atoms with E-state index in [1.165, 1.54) is 0 Å². The smallest absolute Gasteiger partial charge is 0.233 e. The summed E-state index contributed by atoms with van der Waals surface area (Å²) in [5.41, 5.74) is 2.71. The molecule has 0 radical (unpaired) electrons. The number of carbonyl (C=O) groups excluding carboxylic acids is 1. The van der Waals surface area contributed by atoms with Crippen LogP contribution in [0.5, 0.6) is 5.75 Å². The van der Waals surface area contributed by atoms with Crippen molar-refractivity contribution < 1.29 is 9.53 Å². The average Bonchev–Trinajstić information content (AvgIpc) is 3.59. The van der Waals surface area contributed by atoms with Crippen molar-refractivity contribution >= 4 is 28.8 Å². The third kappa shape index (κ3) is 5.90. The third-order valence-corrected chi connectivity index (χ3v) is 6.27. The van der Waals surface area contributed by atoms with Gasteiger partial charge in [0.15, 0.2) is 17.0 Å². The van der Waals surface area contributed by atoms with E-state index >= 15 is 0 Å². The summed E-state index contributed by atoms with van der Waals surface area (Å²) >= 11 is 0. The van der Waals surface area contributed by atoms with Crippen LogP contribution in [0.3, 0.4) is 0 Å². The Morgan fingerprint density at radius 3 is 2.38 bits per heavy atom. The molecular weight excluding hydrogens is 492 g/mol. The number of amides is 1. The van der Waals surface area contributed by atoms with Crippen LogP contribution in [-0.2, 0) is 24.3 Å². The number of nitrogens with zero attached hydrogens (tertiary/aromatic N) is 6. The van der Waals surface area contributed by atoms with Gasteiger partial charge in [-0.15, -0.1) is 0 Å². The van der Waals surface area contributed by atoms with E-state index in [1.54, 1.807) is 18.0 Å². The predicted molar refractivity (Wildman–Crippen MR) is 151 cm³/mol. The van der Waals surface area contributed by atoms with Crippen LogP contribution in [0.25, 0.3) is 17.1 Å². The molecule has 0 spiro atoms. The minimum absolute atomic E-state index is 0.162. The minimum atomic E-state index is -0.614. The maximum Gasteiger partial charge on any atom is 0.233 e. The number of methoxy groups -OCH3 is 1. The molecule has 1 amide bonds. The summed E-state index contributed by atoms with van der Waals surface area (Å²) in [6, 6.07) is 19.8. The van der Waals surface area contributed by atoms with Crippen molar-refractivity contribution in [2.24, 2.45) is 5.41 Å². The van der Waals surface area contributed by atoms with Crippen molar-refractivity contribution in [2.75, 3.05) is 17.7 Å². The Labute approximate surface area is 227 Å². The van der Waals surface area contributed by atoms with E-state index in [-0.39, 0.29) is 5.91 Å². The van der Waals surface area contributed by atoms with Crippen LogP contribution in [0.4, 0.5) is 11.8 Å². The van der Waals surface area contributed by atoms with Gasteiger partial charge in [0.25, 0.3) is 0 Å². The lowest BCUT2D eigenvalue weighted by molar-refractivity contribution is -0.123. The van der Waals surface area contributed by atoms with E-state index in [4.69, 9.17) is 14.7 Å². The Bertz CT molecular complexity index is 1550. The van der Waals surface area contributed by atoms with Crippen LogP contribution >= 0.6 is 0 Å². The first kappa shape index (κ1) is 25.9. The first-order valence-corrected chi connectivity index (χ1v) is 12.8. The summed E-state index contributed by atoms with van der Waals surface area (Å²) < 4.78 is 9.00. The molecule has 200 valence electrons. The standard InChI is InChI=1S/C29H32N8O2/c1-29(2,3)26(38)33-24-23-25(35-27(34-24)30-19-21-9-6-5-7-10-21)36(28(32-23)37-17-8-16-31-37)18-15-20-11-13-22(39-4)14-12-20/h5-14,16-17H,15,18-19H2,1-4H3,(H2,30,33,34,35,38). The first-order chi connectivity index (χ1) is 18.8. The van der Waals surface area contributed by atoms with Crippen molar-refractivity contribution in [2.45, 2.75) is 40.3 Å². The van der Waals surface area contributed by atoms with Crippen molar-refractivity contribution in [3.63, 3.8) is 0 Å². The fraction of sp³-hybridized carbons (Fsp3) is 0.276. The molecule has 0 aliphatic carbocycles. The predicted octanol–water partition coefficient (Wildman–Crippen LogP) is 4.86. The molecule has 0 aliphatic rings. The molecule has 0 fully saturated rings. The summed E-state index contributed by atoms with van der Waals surface area (Å²) in [6.45, 7) is 6.69. The zero-order valence-corrected chi connectivity index (χ0v) is 22.5. The number of rotatable bonds is 9. The SMILES string of the molecule is COc1ccc(CCn2c(-n3cccn3)nc3c(NC(=O)C(C)(C)C)nc(NCc4ccccc4)nc32)cc1. The van der Waals surface area contributed by atoms with Gasteiger partial charge in [0.05, 0.1) is 7.11 Å². The van der Waals surface area contributed by atoms with Gasteiger partial charge in [0.2, 0.25) is 17.8 Å². The Hall–Kier alpha value is -4.73. The topological polar surface area (TPSA) is 112 Å². The molecule has 0 aliphatic heterocycles. The summed E-state index contributed by atoms with van der Waals surface area (Å²) in [6.07, 6.45) is 4.26. The molecule has 0 atom stereocenters. The second-order valence-electron chi connectivity index (χ2n) is 10.2. The number of fused-ring (bicyclic) bond motifs is 1.